The second kappa shape index (κ2) is 57.9. The number of hydrogen-bond acceptors (Lipinski definition) is 6. The molecule has 0 saturated carbocycles. The Morgan fingerprint density at radius 3 is 0.901 bits per heavy atom. The van der Waals surface area contributed by atoms with E-state index in [2.05, 4.69) is 167 Å². The lowest BCUT2D eigenvalue weighted by Gasteiger charge is -2.18. The van der Waals surface area contributed by atoms with Crippen molar-refractivity contribution in [2.24, 2.45) is 0 Å². The van der Waals surface area contributed by atoms with Gasteiger partial charge < -0.3 is 14.2 Å². The Morgan fingerprint density at radius 2 is 0.563 bits per heavy atom. The first kappa shape index (κ1) is 66.3. The first-order valence-electron chi connectivity index (χ1n) is 28.3. The second-order valence-corrected chi connectivity index (χ2v) is 18.1. The van der Waals surface area contributed by atoms with Gasteiger partial charge >= 0.3 is 17.9 Å². The summed E-state index contributed by atoms with van der Waals surface area (Å²) < 4.78 is 16.8. The number of rotatable bonds is 49. The lowest BCUT2D eigenvalue weighted by Crippen LogP contribution is -2.30. The van der Waals surface area contributed by atoms with Crippen LogP contribution in [0.4, 0.5) is 0 Å². The maximum Gasteiger partial charge on any atom is 0.306 e. The molecule has 0 aliphatic carbocycles. The Balaban J connectivity index is 4.55. The molecule has 0 radical (unpaired) electrons. The van der Waals surface area contributed by atoms with Crippen LogP contribution < -0.4 is 0 Å². The summed E-state index contributed by atoms with van der Waals surface area (Å²) in [6.45, 7) is 6.29. The maximum absolute atomic E-state index is 12.8. The molecule has 0 bridgehead atoms. The van der Waals surface area contributed by atoms with Crippen LogP contribution in [-0.2, 0) is 28.6 Å². The molecule has 398 valence electrons. The van der Waals surface area contributed by atoms with Gasteiger partial charge in [0, 0.05) is 19.3 Å². The second-order valence-electron chi connectivity index (χ2n) is 18.1. The third-order valence-electron chi connectivity index (χ3n) is 11.3. The van der Waals surface area contributed by atoms with Gasteiger partial charge in [-0.25, -0.2) is 0 Å². The molecule has 0 N–H and O–H groups in total. The molecule has 0 saturated heterocycles. The van der Waals surface area contributed by atoms with Gasteiger partial charge in [-0.2, -0.15) is 0 Å². The highest BCUT2D eigenvalue weighted by molar-refractivity contribution is 5.71. The van der Waals surface area contributed by atoms with Gasteiger partial charge in [0.15, 0.2) is 6.10 Å². The number of ether oxygens (including phenoxy) is 3. The van der Waals surface area contributed by atoms with E-state index in [-0.39, 0.29) is 37.5 Å². The van der Waals surface area contributed by atoms with Gasteiger partial charge in [-0.1, -0.05) is 218 Å². The number of esters is 3. The molecule has 0 aliphatic rings. The van der Waals surface area contributed by atoms with Gasteiger partial charge in [0.25, 0.3) is 0 Å². The predicted molar refractivity (Wildman–Crippen MR) is 306 cm³/mol. The summed E-state index contributed by atoms with van der Waals surface area (Å²) in [6, 6.07) is 0. The van der Waals surface area contributed by atoms with Crippen molar-refractivity contribution in [3.05, 3.63) is 146 Å². The Labute approximate surface area is 436 Å². The normalized spacial score (nSPS) is 13.2. The highest BCUT2D eigenvalue weighted by atomic mass is 16.6. The summed E-state index contributed by atoms with van der Waals surface area (Å²) in [4.78, 5) is 38.1. The molecule has 71 heavy (non-hydrogen) atoms. The molecule has 6 heteroatoms. The Bertz CT molecular complexity index is 1590. The number of hydrogen-bond donors (Lipinski definition) is 0. The van der Waals surface area contributed by atoms with E-state index < -0.39 is 6.10 Å². The van der Waals surface area contributed by atoms with Gasteiger partial charge in [-0.05, 0) is 135 Å². The minimum atomic E-state index is -0.829. The van der Waals surface area contributed by atoms with Crippen LogP contribution in [0.2, 0.25) is 0 Å². The summed E-state index contributed by atoms with van der Waals surface area (Å²) >= 11 is 0. The van der Waals surface area contributed by atoms with Gasteiger partial charge in [0.2, 0.25) is 0 Å². The van der Waals surface area contributed by atoms with E-state index in [1.54, 1.807) is 0 Å². The lowest BCUT2D eigenvalue weighted by molar-refractivity contribution is -0.167. The van der Waals surface area contributed by atoms with Crippen molar-refractivity contribution < 1.29 is 28.6 Å². The smallest absolute Gasteiger partial charge is 0.306 e. The lowest BCUT2D eigenvalue weighted by atomic mass is 10.1. The van der Waals surface area contributed by atoms with Crippen LogP contribution in [0, 0.1) is 0 Å². The average Bonchev–Trinajstić information content (AvgIpc) is 3.37. The van der Waals surface area contributed by atoms with Crippen molar-refractivity contribution in [2.45, 2.75) is 232 Å². The average molecular weight is 980 g/mol. The summed E-state index contributed by atoms with van der Waals surface area (Å²) in [7, 11) is 0. The van der Waals surface area contributed by atoms with Crippen molar-refractivity contribution in [1.29, 1.82) is 0 Å². The zero-order chi connectivity index (χ0) is 51.4. The van der Waals surface area contributed by atoms with Crippen molar-refractivity contribution in [1.82, 2.24) is 0 Å². The minimum Gasteiger partial charge on any atom is -0.462 e. The fraction of sp³-hybridized carbons (Fsp3) is 0.585. The third-order valence-corrected chi connectivity index (χ3v) is 11.3. The van der Waals surface area contributed by atoms with Crippen LogP contribution in [0.3, 0.4) is 0 Å². The van der Waals surface area contributed by atoms with Crippen LogP contribution in [0.1, 0.15) is 226 Å². The molecule has 1 unspecified atom stereocenters. The molecule has 0 aromatic carbocycles. The van der Waals surface area contributed by atoms with Crippen molar-refractivity contribution in [2.75, 3.05) is 13.2 Å². The van der Waals surface area contributed by atoms with Crippen molar-refractivity contribution in [3.63, 3.8) is 0 Å². The molecule has 0 aromatic rings. The highest BCUT2D eigenvalue weighted by Gasteiger charge is 2.19. The standard InChI is InChI=1S/C65H102O6/c1-4-7-10-13-16-19-22-25-28-30-31-32-33-35-37-40-43-46-49-52-55-58-64(67)70-61-62(60-69-63(66)57-54-51-48-45-42-39-36-27-24-21-18-15-12-9-6-3)71-65(68)59-56-53-50-47-44-41-38-34-29-26-23-20-17-14-11-8-5-2/h7-8,10-11,16-21,25-29,31-32,35-38,41,47,50,62H,4-6,9,12-15,22-24,30,33-34,39-40,42-46,48-49,51-61H2,1-3H3/b10-7-,11-8-,19-16-,20-17-,21-18-,28-25-,29-26-,32-31-,36-27-,37-35-,41-38-,50-47-. The number of carbonyl (C=O) groups excluding carboxylic acids is 3. The molecule has 0 rings (SSSR count). The summed E-state index contributed by atoms with van der Waals surface area (Å²) in [5.41, 5.74) is 0. The molecular formula is C65H102O6. The van der Waals surface area contributed by atoms with Crippen LogP contribution in [0.25, 0.3) is 0 Å². The molecule has 0 aromatic heterocycles. The van der Waals surface area contributed by atoms with E-state index in [0.717, 1.165) is 154 Å². The first-order chi connectivity index (χ1) is 35.0. The summed E-state index contributed by atoms with van der Waals surface area (Å²) in [5.74, 6) is -1.02. The molecular weight excluding hydrogens is 877 g/mol. The number of allylic oxidation sites excluding steroid dienone is 24. The maximum atomic E-state index is 12.8. The fourth-order valence-electron chi connectivity index (χ4n) is 7.12. The first-order valence-corrected chi connectivity index (χ1v) is 28.3. The van der Waals surface area contributed by atoms with Crippen molar-refractivity contribution >= 4 is 17.9 Å². The predicted octanol–water partition coefficient (Wildman–Crippen LogP) is 19.2. The van der Waals surface area contributed by atoms with Crippen LogP contribution >= 0.6 is 0 Å². The molecule has 0 heterocycles. The Hall–Kier alpha value is -4.71. The van der Waals surface area contributed by atoms with E-state index in [4.69, 9.17) is 14.2 Å². The largest absolute Gasteiger partial charge is 0.462 e. The molecule has 6 nitrogen and oxygen atoms in total. The van der Waals surface area contributed by atoms with E-state index in [9.17, 15) is 14.4 Å². The number of carbonyl (C=O) groups is 3. The van der Waals surface area contributed by atoms with Gasteiger partial charge in [0.1, 0.15) is 13.2 Å². The van der Waals surface area contributed by atoms with Gasteiger partial charge in [-0.3, -0.25) is 14.4 Å². The third kappa shape index (κ3) is 56.1. The molecule has 0 fully saturated rings. The topological polar surface area (TPSA) is 78.9 Å². The van der Waals surface area contributed by atoms with E-state index in [1.165, 1.54) is 25.7 Å². The Kier molecular flexibility index (Phi) is 54.0. The minimum absolute atomic E-state index is 0.120. The van der Waals surface area contributed by atoms with Crippen LogP contribution in [-0.4, -0.2) is 37.2 Å². The monoisotopic (exact) mass is 979 g/mol. The van der Waals surface area contributed by atoms with Crippen molar-refractivity contribution in [3.8, 4) is 0 Å². The number of unbranched alkanes of at least 4 members (excludes halogenated alkanes) is 14. The Morgan fingerprint density at radius 1 is 0.296 bits per heavy atom. The molecule has 0 amide bonds. The summed E-state index contributed by atoms with van der Waals surface area (Å²) in [5, 5.41) is 0. The van der Waals surface area contributed by atoms with Gasteiger partial charge in [-0.15, -0.1) is 0 Å². The fourth-order valence-corrected chi connectivity index (χ4v) is 7.12. The van der Waals surface area contributed by atoms with E-state index >= 15 is 0 Å². The zero-order valence-electron chi connectivity index (χ0n) is 45.4. The van der Waals surface area contributed by atoms with E-state index in [0.29, 0.717) is 19.3 Å². The van der Waals surface area contributed by atoms with Crippen LogP contribution in [0.15, 0.2) is 146 Å². The van der Waals surface area contributed by atoms with Gasteiger partial charge in [0.05, 0.1) is 0 Å². The zero-order valence-corrected chi connectivity index (χ0v) is 45.4. The molecule has 0 spiro atoms. The quantitative estimate of drug-likeness (QED) is 0.0262. The summed E-state index contributed by atoms with van der Waals surface area (Å²) in [6.07, 6.45) is 82.6. The molecule has 0 aliphatic heterocycles. The highest BCUT2D eigenvalue weighted by Crippen LogP contribution is 2.12. The SMILES string of the molecule is CC/C=C\C/C=C\C/C=C\C/C=C\C/C=C\CCCCCCCC(=O)OCC(COC(=O)CCCCCCC/C=C\C/C=C\CCCCC)OC(=O)CCC/C=C\C/C=C\C/C=C\C/C=C\C/C=C\CC. The van der Waals surface area contributed by atoms with E-state index in [1.807, 2.05) is 0 Å². The van der Waals surface area contributed by atoms with Crippen LogP contribution in [0.5, 0.6) is 0 Å². The molecule has 1 atom stereocenters.